The van der Waals surface area contributed by atoms with Gasteiger partial charge in [0.25, 0.3) is 0 Å². The monoisotopic (exact) mass is 1490 g/mol. The SMILES string of the molecule is CCCCCCCCCCCCCCCCCCCCCCCCC(=O)O[C@H](COC(=O)CCCCCCCCCCCCCCCCCCCCC)COP(=O)(O)OC[C@@H](O)COP(=O)(O)OC[C@@H](COC(=O)CCCCCCCCC(C)C)OC(=O)CCCCCCCCCCCC(C)C. The molecule has 0 aliphatic rings. The molecular formula is C83H162O17P2. The molecule has 0 saturated heterocycles. The number of unbranched alkanes of at least 4 members (excludes halogenated alkanes) is 52. The summed E-state index contributed by atoms with van der Waals surface area (Å²) in [6.07, 6.45) is 65.7. The fourth-order valence-corrected chi connectivity index (χ4v) is 14.5. The van der Waals surface area contributed by atoms with E-state index in [4.69, 9.17) is 37.0 Å². The Morgan fingerprint density at radius 2 is 0.451 bits per heavy atom. The van der Waals surface area contributed by atoms with Crippen LogP contribution in [0.15, 0.2) is 0 Å². The first-order chi connectivity index (χ1) is 49.4. The van der Waals surface area contributed by atoms with Gasteiger partial charge in [-0.1, -0.05) is 388 Å². The van der Waals surface area contributed by atoms with Gasteiger partial charge in [0, 0.05) is 25.7 Å². The molecule has 0 aliphatic carbocycles. The molecule has 0 fully saturated rings. The van der Waals surface area contributed by atoms with Crippen LogP contribution in [0, 0.1) is 11.8 Å². The number of carbonyl (C=O) groups excluding carboxylic acids is 4. The third-order valence-electron chi connectivity index (χ3n) is 19.5. The van der Waals surface area contributed by atoms with Gasteiger partial charge in [0.15, 0.2) is 12.2 Å². The highest BCUT2D eigenvalue weighted by Gasteiger charge is 2.30. The molecule has 2 unspecified atom stereocenters. The maximum absolute atomic E-state index is 13.1. The molecule has 0 aromatic heterocycles. The van der Waals surface area contributed by atoms with Gasteiger partial charge in [0.05, 0.1) is 26.4 Å². The number of rotatable bonds is 82. The summed E-state index contributed by atoms with van der Waals surface area (Å²) in [6.45, 7) is 9.53. The van der Waals surface area contributed by atoms with E-state index in [9.17, 15) is 43.2 Å². The van der Waals surface area contributed by atoms with Gasteiger partial charge < -0.3 is 33.8 Å². The zero-order valence-corrected chi connectivity index (χ0v) is 68.7. The van der Waals surface area contributed by atoms with Crippen LogP contribution < -0.4 is 0 Å². The molecule has 5 atom stereocenters. The van der Waals surface area contributed by atoms with Crippen molar-refractivity contribution in [2.75, 3.05) is 39.6 Å². The van der Waals surface area contributed by atoms with Crippen LogP contribution in [0.1, 0.15) is 440 Å². The molecule has 0 amide bonds. The number of aliphatic hydroxyl groups is 1. The molecule has 19 heteroatoms. The van der Waals surface area contributed by atoms with Gasteiger partial charge in [0.1, 0.15) is 19.3 Å². The van der Waals surface area contributed by atoms with Crippen molar-refractivity contribution in [1.29, 1.82) is 0 Å². The van der Waals surface area contributed by atoms with Crippen LogP contribution >= 0.6 is 15.6 Å². The summed E-state index contributed by atoms with van der Waals surface area (Å²) in [6, 6.07) is 0. The quantitative estimate of drug-likeness (QED) is 0.0222. The number of carbonyl (C=O) groups is 4. The summed E-state index contributed by atoms with van der Waals surface area (Å²) in [4.78, 5) is 73.0. The number of esters is 4. The largest absolute Gasteiger partial charge is 0.472 e. The smallest absolute Gasteiger partial charge is 0.462 e. The van der Waals surface area contributed by atoms with Crippen LogP contribution in [-0.2, 0) is 65.4 Å². The minimum atomic E-state index is -4.96. The standard InChI is InChI=1S/C83H162O17P2/c1-7-9-11-13-15-17-19-21-23-25-27-28-29-31-33-35-37-39-43-47-55-61-67-82(87)99-78(71-93-80(85)65-59-53-46-42-38-36-34-32-30-26-24-22-20-18-16-14-12-10-8-2)73-97-101(89,90)95-69-77(84)70-96-102(91,92)98-74-79(72-94-81(86)66-60-54-50-49-52-58-64-76(5)6)100-83(88)68-62-56-48-44-40-41-45-51-57-63-75(3)4/h75-79,84H,7-74H2,1-6H3,(H,89,90)(H,91,92)/t77-,78-,79-/m1/s1. The lowest BCUT2D eigenvalue weighted by atomic mass is 10.0. The molecule has 0 radical (unpaired) electrons. The van der Waals surface area contributed by atoms with Crippen molar-refractivity contribution in [3.63, 3.8) is 0 Å². The van der Waals surface area contributed by atoms with Crippen LogP contribution in [0.5, 0.6) is 0 Å². The molecule has 0 bridgehead atoms. The van der Waals surface area contributed by atoms with Crippen LogP contribution in [-0.4, -0.2) is 96.7 Å². The Kier molecular flexibility index (Phi) is 73.1. The molecule has 0 aromatic carbocycles. The summed E-state index contributed by atoms with van der Waals surface area (Å²) in [5, 5.41) is 10.6. The van der Waals surface area contributed by atoms with Crippen molar-refractivity contribution in [3.8, 4) is 0 Å². The molecule has 102 heavy (non-hydrogen) atoms. The Bertz CT molecular complexity index is 1960. The third-order valence-corrected chi connectivity index (χ3v) is 21.4. The summed E-state index contributed by atoms with van der Waals surface area (Å²) in [5.74, 6) is -0.696. The lowest BCUT2D eigenvalue weighted by molar-refractivity contribution is -0.161. The molecule has 3 N–H and O–H groups in total. The highest BCUT2D eigenvalue weighted by molar-refractivity contribution is 7.47. The van der Waals surface area contributed by atoms with Gasteiger partial charge >= 0.3 is 39.5 Å². The van der Waals surface area contributed by atoms with Crippen molar-refractivity contribution in [2.24, 2.45) is 11.8 Å². The van der Waals surface area contributed by atoms with E-state index in [-0.39, 0.29) is 25.7 Å². The fourth-order valence-electron chi connectivity index (χ4n) is 12.9. The average molecular weight is 1490 g/mol. The lowest BCUT2D eigenvalue weighted by Gasteiger charge is -2.21. The Labute approximate surface area is 626 Å². The van der Waals surface area contributed by atoms with Gasteiger partial charge in [-0.05, 0) is 37.5 Å². The Balaban J connectivity index is 5.19. The zero-order chi connectivity index (χ0) is 74.9. The van der Waals surface area contributed by atoms with E-state index >= 15 is 0 Å². The average Bonchev–Trinajstić information content (AvgIpc) is 0.937. The van der Waals surface area contributed by atoms with Crippen LogP contribution in [0.3, 0.4) is 0 Å². The predicted molar refractivity (Wildman–Crippen MR) is 418 cm³/mol. The third kappa shape index (κ3) is 76.3. The Morgan fingerprint density at radius 1 is 0.265 bits per heavy atom. The number of phosphoric ester groups is 2. The molecule has 17 nitrogen and oxygen atoms in total. The first-order valence-electron chi connectivity index (χ1n) is 43.0. The molecule has 0 spiro atoms. The normalized spacial score (nSPS) is 13.9. The predicted octanol–water partition coefficient (Wildman–Crippen LogP) is 25.1. The second-order valence-electron chi connectivity index (χ2n) is 30.8. The first-order valence-corrected chi connectivity index (χ1v) is 46.0. The molecule has 0 saturated carbocycles. The van der Waals surface area contributed by atoms with E-state index in [1.807, 2.05) is 0 Å². The number of phosphoric acid groups is 2. The van der Waals surface area contributed by atoms with Gasteiger partial charge in [-0.25, -0.2) is 9.13 Å². The number of aliphatic hydroxyl groups excluding tert-OH is 1. The fraction of sp³-hybridized carbons (Fsp3) is 0.952. The van der Waals surface area contributed by atoms with E-state index in [0.717, 1.165) is 102 Å². The first kappa shape index (κ1) is 100. The van der Waals surface area contributed by atoms with Crippen LogP contribution in [0.25, 0.3) is 0 Å². The van der Waals surface area contributed by atoms with Gasteiger partial charge in [0.2, 0.25) is 0 Å². The lowest BCUT2D eigenvalue weighted by Crippen LogP contribution is -2.30. The van der Waals surface area contributed by atoms with Gasteiger partial charge in [-0.3, -0.25) is 37.3 Å². The van der Waals surface area contributed by atoms with Crippen molar-refractivity contribution in [1.82, 2.24) is 0 Å². The highest BCUT2D eigenvalue weighted by atomic mass is 31.2. The summed E-state index contributed by atoms with van der Waals surface area (Å²) in [7, 11) is -9.92. The minimum absolute atomic E-state index is 0.105. The topological polar surface area (TPSA) is 237 Å². The molecular weight excluding hydrogens is 1330 g/mol. The molecule has 606 valence electrons. The number of hydrogen-bond donors (Lipinski definition) is 3. The molecule has 0 heterocycles. The molecule has 0 aromatic rings. The zero-order valence-electron chi connectivity index (χ0n) is 66.9. The Hall–Kier alpha value is -1.94. The molecule has 0 rings (SSSR count). The van der Waals surface area contributed by atoms with Crippen molar-refractivity contribution in [3.05, 3.63) is 0 Å². The van der Waals surface area contributed by atoms with E-state index in [1.165, 1.54) is 250 Å². The van der Waals surface area contributed by atoms with E-state index in [0.29, 0.717) is 31.6 Å². The second-order valence-corrected chi connectivity index (χ2v) is 33.7. The summed E-state index contributed by atoms with van der Waals surface area (Å²) < 4.78 is 68.7. The van der Waals surface area contributed by atoms with Crippen LogP contribution in [0.2, 0.25) is 0 Å². The highest BCUT2D eigenvalue weighted by Crippen LogP contribution is 2.45. The summed E-state index contributed by atoms with van der Waals surface area (Å²) in [5.41, 5.74) is 0. The number of hydrogen-bond acceptors (Lipinski definition) is 15. The van der Waals surface area contributed by atoms with E-state index in [2.05, 4.69) is 41.5 Å². The van der Waals surface area contributed by atoms with Crippen molar-refractivity contribution < 1.29 is 80.2 Å². The van der Waals surface area contributed by atoms with Crippen LogP contribution in [0.4, 0.5) is 0 Å². The minimum Gasteiger partial charge on any atom is -0.462 e. The Morgan fingerprint density at radius 3 is 0.667 bits per heavy atom. The van der Waals surface area contributed by atoms with Gasteiger partial charge in [-0.2, -0.15) is 0 Å². The molecule has 0 aliphatic heterocycles. The number of ether oxygens (including phenoxy) is 4. The second kappa shape index (κ2) is 74.5. The van der Waals surface area contributed by atoms with Crippen molar-refractivity contribution >= 4 is 39.5 Å². The maximum Gasteiger partial charge on any atom is 0.472 e. The summed E-state index contributed by atoms with van der Waals surface area (Å²) >= 11 is 0. The van der Waals surface area contributed by atoms with Crippen molar-refractivity contribution in [2.45, 2.75) is 458 Å². The maximum atomic E-state index is 13.1. The van der Waals surface area contributed by atoms with E-state index in [1.54, 1.807) is 0 Å². The van der Waals surface area contributed by atoms with E-state index < -0.39 is 97.5 Å². The van der Waals surface area contributed by atoms with Gasteiger partial charge in [-0.15, -0.1) is 0 Å².